The molecule has 0 saturated heterocycles. The van der Waals surface area contributed by atoms with Gasteiger partial charge in [-0.15, -0.1) is 11.3 Å². The van der Waals surface area contributed by atoms with Crippen LogP contribution in [-0.2, 0) is 6.42 Å². The van der Waals surface area contributed by atoms with Crippen molar-refractivity contribution >= 4 is 38.9 Å². The first-order valence-electron chi connectivity index (χ1n) is 7.90. The highest BCUT2D eigenvalue weighted by molar-refractivity contribution is 7.21. The van der Waals surface area contributed by atoms with Gasteiger partial charge in [0, 0.05) is 16.6 Å². The van der Waals surface area contributed by atoms with Crippen molar-refractivity contribution in [3.8, 4) is 11.5 Å². The molecule has 7 heteroatoms. The van der Waals surface area contributed by atoms with Crippen molar-refractivity contribution in [2.75, 3.05) is 20.8 Å². The molecular formula is C19H17ClFNO3S. The summed E-state index contributed by atoms with van der Waals surface area (Å²) in [6, 6.07) is 9.92. The van der Waals surface area contributed by atoms with Crippen molar-refractivity contribution in [3.63, 3.8) is 0 Å². The zero-order chi connectivity index (χ0) is 18.7. The number of nitrogens with one attached hydrogen (secondary N) is 1. The third-order valence-corrected chi connectivity index (χ3v) is 5.60. The molecule has 0 aliphatic carbocycles. The van der Waals surface area contributed by atoms with Crippen LogP contribution in [0.3, 0.4) is 0 Å². The molecule has 3 rings (SSSR count). The summed E-state index contributed by atoms with van der Waals surface area (Å²) in [6.07, 6.45) is 0.628. The van der Waals surface area contributed by atoms with Gasteiger partial charge in [-0.3, -0.25) is 4.79 Å². The summed E-state index contributed by atoms with van der Waals surface area (Å²) in [6.45, 7) is 0.438. The van der Waals surface area contributed by atoms with E-state index < -0.39 is 0 Å². The Bertz CT molecular complexity index is 957. The molecule has 0 aliphatic rings. The first-order chi connectivity index (χ1) is 12.5. The number of methoxy groups -OCH3 is 2. The number of hydrogen-bond acceptors (Lipinski definition) is 4. The molecule has 1 aromatic heterocycles. The maximum atomic E-state index is 13.3. The van der Waals surface area contributed by atoms with E-state index in [1.807, 2.05) is 18.2 Å². The summed E-state index contributed by atoms with van der Waals surface area (Å²) in [7, 11) is 3.16. The molecule has 2 aromatic carbocycles. The van der Waals surface area contributed by atoms with Gasteiger partial charge >= 0.3 is 0 Å². The Labute approximate surface area is 159 Å². The van der Waals surface area contributed by atoms with E-state index in [0.717, 1.165) is 5.56 Å². The number of rotatable bonds is 6. The van der Waals surface area contributed by atoms with Crippen LogP contribution in [0.5, 0.6) is 11.5 Å². The molecule has 0 spiro atoms. The minimum Gasteiger partial charge on any atom is -0.493 e. The van der Waals surface area contributed by atoms with Crippen LogP contribution in [0.25, 0.3) is 10.1 Å². The molecule has 0 atom stereocenters. The molecule has 1 amide bonds. The Kier molecular flexibility index (Phi) is 5.64. The van der Waals surface area contributed by atoms with Crippen molar-refractivity contribution in [2.45, 2.75) is 6.42 Å². The monoisotopic (exact) mass is 393 g/mol. The second-order valence-corrected chi connectivity index (χ2v) is 7.01. The van der Waals surface area contributed by atoms with Crippen LogP contribution >= 0.6 is 22.9 Å². The van der Waals surface area contributed by atoms with E-state index >= 15 is 0 Å². The lowest BCUT2D eigenvalue weighted by Crippen LogP contribution is -2.25. The summed E-state index contributed by atoms with van der Waals surface area (Å²) in [5.74, 6) is 0.684. The number of thiophene rings is 1. The van der Waals surface area contributed by atoms with Gasteiger partial charge in [-0.05, 0) is 42.3 Å². The van der Waals surface area contributed by atoms with E-state index in [4.69, 9.17) is 21.1 Å². The topological polar surface area (TPSA) is 47.6 Å². The van der Waals surface area contributed by atoms with Gasteiger partial charge in [0.2, 0.25) is 0 Å². The minimum atomic E-state index is -0.351. The number of carbonyl (C=O) groups is 1. The Morgan fingerprint density at radius 1 is 1.15 bits per heavy atom. The van der Waals surface area contributed by atoms with Crippen LogP contribution in [0, 0.1) is 5.82 Å². The second kappa shape index (κ2) is 7.93. The quantitative estimate of drug-likeness (QED) is 0.661. The molecule has 1 heterocycles. The first-order valence-corrected chi connectivity index (χ1v) is 9.09. The molecule has 26 heavy (non-hydrogen) atoms. The minimum absolute atomic E-state index is 0.267. The predicted octanol–water partition coefficient (Wildman–Crippen LogP) is 4.68. The second-order valence-electron chi connectivity index (χ2n) is 5.58. The lowest BCUT2D eigenvalue weighted by molar-refractivity contribution is 0.0958. The lowest BCUT2D eigenvalue weighted by atomic mass is 10.1. The Morgan fingerprint density at radius 3 is 2.65 bits per heavy atom. The molecule has 0 radical (unpaired) electrons. The van der Waals surface area contributed by atoms with Gasteiger partial charge in [-0.25, -0.2) is 4.39 Å². The highest BCUT2D eigenvalue weighted by Crippen LogP contribution is 2.35. The number of hydrogen-bond donors (Lipinski definition) is 1. The van der Waals surface area contributed by atoms with E-state index in [2.05, 4.69) is 5.32 Å². The summed E-state index contributed by atoms with van der Waals surface area (Å²) in [4.78, 5) is 12.8. The SMILES string of the molecule is COc1ccc(CCNC(=O)c2sc3cc(F)ccc3c2Cl)cc1OC. The van der Waals surface area contributed by atoms with Crippen molar-refractivity contribution in [1.82, 2.24) is 5.32 Å². The van der Waals surface area contributed by atoms with Crippen LogP contribution in [-0.4, -0.2) is 26.7 Å². The average molecular weight is 394 g/mol. The molecule has 136 valence electrons. The number of fused-ring (bicyclic) bond motifs is 1. The van der Waals surface area contributed by atoms with E-state index in [0.29, 0.717) is 44.5 Å². The van der Waals surface area contributed by atoms with Crippen molar-refractivity contribution in [3.05, 3.63) is 57.7 Å². The Balaban J connectivity index is 1.67. The van der Waals surface area contributed by atoms with Gasteiger partial charge in [-0.1, -0.05) is 17.7 Å². The molecule has 4 nitrogen and oxygen atoms in total. The predicted molar refractivity (Wildman–Crippen MR) is 102 cm³/mol. The number of carbonyl (C=O) groups excluding carboxylic acids is 1. The van der Waals surface area contributed by atoms with Gasteiger partial charge in [0.25, 0.3) is 5.91 Å². The summed E-state index contributed by atoms with van der Waals surface area (Å²) >= 11 is 7.45. The number of benzene rings is 2. The highest BCUT2D eigenvalue weighted by atomic mass is 35.5. The van der Waals surface area contributed by atoms with Gasteiger partial charge in [0.15, 0.2) is 11.5 Å². The number of halogens is 2. The first kappa shape index (κ1) is 18.5. The van der Waals surface area contributed by atoms with Gasteiger partial charge in [0.05, 0.1) is 19.2 Å². The molecule has 3 aromatic rings. The fourth-order valence-electron chi connectivity index (χ4n) is 2.62. The smallest absolute Gasteiger partial charge is 0.262 e. The Morgan fingerprint density at radius 2 is 1.92 bits per heavy atom. The summed E-state index contributed by atoms with van der Waals surface area (Å²) in [5.41, 5.74) is 1.01. The van der Waals surface area contributed by atoms with Crippen LogP contribution < -0.4 is 14.8 Å². The maximum absolute atomic E-state index is 13.3. The van der Waals surface area contributed by atoms with E-state index in [9.17, 15) is 9.18 Å². The largest absolute Gasteiger partial charge is 0.493 e. The number of amides is 1. The molecule has 1 N–H and O–H groups in total. The third kappa shape index (κ3) is 3.76. The van der Waals surface area contributed by atoms with Gasteiger partial charge in [0.1, 0.15) is 10.7 Å². The summed E-state index contributed by atoms with van der Waals surface area (Å²) < 4.78 is 24.5. The van der Waals surface area contributed by atoms with Crippen LogP contribution in [0.2, 0.25) is 5.02 Å². The van der Waals surface area contributed by atoms with E-state index in [1.165, 1.54) is 23.5 Å². The fraction of sp³-hybridized carbons (Fsp3) is 0.211. The maximum Gasteiger partial charge on any atom is 0.262 e. The molecule has 0 aliphatic heterocycles. The van der Waals surface area contributed by atoms with Crippen molar-refractivity contribution in [1.29, 1.82) is 0 Å². The van der Waals surface area contributed by atoms with Gasteiger partial charge < -0.3 is 14.8 Å². The fourth-order valence-corrected chi connectivity index (χ4v) is 4.08. The van der Waals surface area contributed by atoms with Crippen LogP contribution in [0.4, 0.5) is 4.39 Å². The average Bonchev–Trinajstić information content (AvgIpc) is 2.97. The molecule has 0 bridgehead atoms. The molecular weight excluding hydrogens is 377 g/mol. The Hall–Kier alpha value is -2.31. The molecule has 0 fully saturated rings. The van der Waals surface area contributed by atoms with Crippen LogP contribution in [0.15, 0.2) is 36.4 Å². The van der Waals surface area contributed by atoms with Crippen LogP contribution in [0.1, 0.15) is 15.2 Å². The summed E-state index contributed by atoms with van der Waals surface area (Å²) in [5, 5.41) is 3.89. The molecule has 0 unspecified atom stereocenters. The standard InChI is InChI=1S/C19H17ClFNO3S/c1-24-14-6-3-11(9-15(14)25-2)7-8-22-19(23)18-17(20)13-5-4-12(21)10-16(13)26-18/h3-6,9-10H,7-8H2,1-2H3,(H,22,23). The van der Waals surface area contributed by atoms with Crippen molar-refractivity contribution < 1.29 is 18.7 Å². The van der Waals surface area contributed by atoms with E-state index in [1.54, 1.807) is 20.3 Å². The zero-order valence-corrected chi connectivity index (χ0v) is 15.8. The lowest BCUT2D eigenvalue weighted by Gasteiger charge is -2.10. The molecule has 0 saturated carbocycles. The number of ether oxygens (including phenoxy) is 2. The highest BCUT2D eigenvalue weighted by Gasteiger charge is 2.17. The van der Waals surface area contributed by atoms with Crippen molar-refractivity contribution in [2.24, 2.45) is 0 Å². The third-order valence-electron chi connectivity index (χ3n) is 3.94. The zero-order valence-electron chi connectivity index (χ0n) is 14.3. The van der Waals surface area contributed by atoms with Gasteiger partial charge in [-0.2, -0.15) is 0 Å². The normalized spacial score (nSPS) is 10.8. The van der Waals surface area contributed by atoms with E-state index in [-0.39, 0.29) is 11.7 Å².